The van der Waals surface area contributed by atoms with E-state index in [0.717, 1.165) is 19.8 Å². The third-order valence-electron chi connectivity index (χ3n) is 6.04. The number of hydrogen-bond donors (Lipinski definition) is 1. The Morgan fingerprint density at radius 3 is 2.14 bits per heavy atom. The summed E-state index contributed by atoms with van der Waals surface area (Å²) >= 11 is 0. The Morgan fingerprint density at radius 1 is 1.11 bits per heavy atom. The summed E-state index contributed by atoms with van der Waals surface area (Å²) in [4.78, 5) is 25.8. The first-order chi connectivity index (χ1) is 13.1. The van der Waals surface area contributed by atoms with Crippen LogP contribution >= 0.6 is 0 Å². The number of amides is 1. The zero-order valence-corrected chi connectivity index (χ0v) is 17.4. The second-order valence-corrected chi connectivity index (χ2v) is 10.5. The average Bonchev–Trinajstić information content (AvgIpc) is 3.27. The number of likely N-dealkylation sites (tertiary alicyclic amines) is 1. The van der Waals surface area contributed by atoms with Crippen molar-refractivity contribution in [1.82, 2.24) is 9.80 Å². The van der Waals surface area contributed by atoms with E-state index >= 15 is 0 Å². The van der Waals surface area contributed by atoms with Gasteiger partial charge in [-0.15, -0.1) is 0 Å². The fraction of sp³-hybridized carbons (Fsp3) is 0.600. The number of carbonyl (C=O) groups excluding carboxylic acids is 1. The van der Waals surface area contributed by atoms with Crippen LogP contribution in [0.3, 0.4) is 0 Å². The Balaban J connectivity index is 0.000000516. The van der Waals surface area contributed by atoms with Gasteiger partial charge >= 0.3 is 0 Å². The fourth-order valence-corrected chi connectivity index (χ4v) is 7.21. The summed E-state index contributed by atoms with van der Waals surface area (Å²) < 4.78 is 24.9. The zero-order chi connectivity index (χ0) is 20.6. The molecule has 1 N–H and O–H groups in total. The molecule has 1 aromatic rings. The lowest BCUT2D eigenvalue weighted by Gasteiger charge is -2.26. The maximum atomic E-state index is 13.0. The van der Waals surface area contributed by atoms with Gasteiger partial charge in [-0.05, 0) is 38.1 Å². The number of sulfone groups is 1. The van der Waals surface area contributed by atoms with Crippen LogP contribution in [0.25, 0.3) is 0 Å². The van der Waals surface area contributed by atoms with Crippen molar-refractivity contribution in [1.29, 1.82) is 0 Å². The molecule has 2 fully saturated rings. The molecule has 1 aliphatic carbocycles. The molecule has 8 heteroatoms. The fourth-order valence-electron chi connectivity index (χ4n) is 4.74. The van der Waals surface area contributed by atoms with Crippen LogP contribution in [0.5, 0.6) is 0 Å². The van der Waals surface area contributed by atoms with E-state index in [1.54, 1.807) is 0 Å². The number of hydrogen-bond acceptors (Lipinski definition) is 5. The number of carboxylic acid groups (broad SMARTS) is 1. The minimum atomic E-state index is -3.10. The van der Waals surface area contributed by atoms with Crippen molar-refractivity contribution in [2.75, 3.05) is 32.9 Å². The number of carboxylic acids is 1. The summed E-state index contributed by atoms with van der Waals surface area (Å²) in [6.45, 7) is 2.04. The van der Waals surface area contributed by atoms with E-state index in [4.69, 9.17) is 9.90 Å². The van der Waals surface area contributed by atoms with Gasteiger partial charge in [0, 0.05) is 37.9 Å². The van der Waals surface area contributed by atoms with Crippen molar-refractivity contribution in [3.05, 3.63) is 35.4 Å². The third-order valence-corrected chi connectivity index (χ3v) is 8.27. The molecule has 7 nitrogen and oxygen atoms in total. The predicted octanol–water partition coefficient (Wildman–Crippen LogP) is 0.678. The molecule has 1 aromatic carbocycles. The van der Waals surface area contributed by atoms with Crippen LogP contribution in [0.4, 0.5) is 0 Å². The van der Waals surface area contributed by atoms with Gasteiger partial charge in [-0.3, -0.25) is 9.59 Å². The topological polar surface area (TPSA) is 95.0 Å². The first kappa shape index (κ1) is 20.8. The molecule has 28 heavy (non-hydrogen) atoms. The molecule has 2 saturated heterocycles. The van der Waals surface area contributed by atoms with Crippen LogP contribution in [0.15, 0.2) is 24.3 Å². The van der Waals surface area contributed by atoms with Crippen LogP contribution in [0.2, 0.25) is 0 Å². The number of fused-ring (bicyclic) bond motifs is 2. The number of nitrogens with zero attached hydrogens (tertiary/aromatic N) is 2. The van der Waals surface area contributed by atoms with Crippen molar-refractivity contribution in [3.8, 4) is 0 Å². The van der Waals surface area contributed by atoms with Crippen molar-refractivity contribution in [3.63, 3.8) is 0 Å². The molecule has 0 unspecified atom stereocenters. The summed E-state index contributed by atoms with van der Waals surface area (Å²) in [5, 5.41) is 7.04. The van der Waals surface area contributed by atoms with Gasteiger partial charge in [-0.2, -0.15) is 0 Å². The van der Waals surface area contributed by atoms with Gasteiger partial charge in [0.25, 0.3) is 5.97 Å². The van der Waals surface area contributed by atoms with Gasteiger partial charge in [-0.1, -0.05) is 24.3 Å². The second kappa shape index (κ2) is 7.83. The van der Waals surface area contributed by atoms with Crippen LogP contribution in [0.1, 0.15) is 18.1 Å². The lowest BCUT2D eigenvalue weighted by molar-refractivity contribution is -0.135. The van der Waals surface area contributed by atoms with Crippen LogP contribution < -0.4 is 0 Å². The van der Waals surface area contributed by atoms with Crippen molar-refractivity contribution < 1.29 is 23.1 Å². The monoisotopic (exact) mass is 408 g/mol. The summed E-state index contributed by atoms with van der Waals surface area (Å²) in [5.41, 5.74) is 2.52. The highest BCUT2D eigenvalue weighted by Gasteiger charge is 2.54. The molecular formula is C20H28N2O5S. The minimum absolute atomic E-state index is 0.0262. The molecule has 0 bridgehead atoms. The molecule has 154 valence electrons. The third kappa shape index (κ3) is 4.07. The molecule has 2 heterocycles. The van der Waals surface area contributed by atoms with E-state index < -0.39 is 15.8 Å². The van der Waals surface area contributed by atoms with Crippen LogP contribution in [0, 0.1) is 11.8 Å². The van der Waals surface area contributed by atoms with Gasteiger partial charge < -0.3 is 14.9 Å². The molecule has 1 amide bonds. The maximum absolute atomic E-state index is 13.0. The summed E-state index contributed by atoms with van der Waals surface area (Å²) in [6.07, 6.45) is 1.56. The van der Waals surface area contributed by atoms with Gasteiger partial charge in [0.1, 0.15) is 0 Å². The molecule has 0 saturated carbocycles. The highest BCUT2D eigenvalue weighted by Crippen LogP contribution is 2.37. The van der Waals surface area contributed by atoms with Crippen LogP contribution in [-0.4, -0.2) is 79.4 Å². The van der Waals surface area contributed by atoms with E-state index in [1.807, 2.05) is 36.0 Å². The molecule has 0 radical (unpaired) electrons. The van der Waals surface area contributed by atoms with Gasteiger partial charge in [0.2, 0.25) is 5.91 Å². The van der Waals surface area contributed by atoms with E-state index in [2.05, 4.69) is 12.1 Å². The highest BCUT2D eigenvalue weighted by atomic mass is 32.2. The Hall–Kier alpha value is -1.93. The summed E-state index contributed by atoms with van der Waals surface area (Å²) in [7, 11) is 0.765. The number of benzene rings is 1. The Labute approximate surface area is 166 Å². The Kier molecular flexibility index (Phi) is 5.82. The largest absolute Gasteiger partial charge is 0.481 e. The zero-order valence-electron chi connectivity index (χ0n) is 16.5. The van der Waals surface area contributed by atoms with Crippen molar-refractivity contribution in [2.45, 2.75) is 31.1 Å². The number of aliphatic carboxylic acids is 1. The average molecular weight is 409 g/mol. The first-order valence-corrected chi connectivity index (χ1v) is 11.2. The molecule has 2 aliphatic heterocycles. The quantitative estimate of drug-likeness (QED) is 0.773. The van der Waals surface area contributed by atoms with E-state index in [9.17, 15) is 13.2 Å². The Bertz CT molecular complexity index is 838. The molecule has 3 atom stereocenters. The highest BCUT2D eigenvalue weighted by molar-refractivity contribution is 7.92. The van der Waals surface area contributed by atoms with Gasteiger partial charge in [-0.25, -0.2) is 8.42 Å². The number of rotatable bonds is 2. The smallest absolute Gasteiger partial charge is 0.300 e. The lowest BCUT2D eigenvalue weighted by Crippen LogP contribution is -2.40. The SMILES string of the molecule is CC(=O)O.CN(C)[C@@H]1CS(=O)(=O)[C@H]2CN(C(=O)C3Cc4ccccc4C3)C[C@@H]12. The van der Waals surface area contributed by atoms with Gasteiger partial charge in [0.05, 0.1) is 11.0 Å². The lowest BCUT2D eigenvalue weighted by atomic mass is 10.00. The molecule has 0 aromatic heterocycles. The molecular weight excluding hydrogens is 380 g/mol. The normalized spacial score (nSPS) is 27.9. The van der Waals surface area contributed by atoms with Gasteiger partial charge in [0.15, 0.2) is 9.84 Å². The van der Waals surface area contributed by atoms with Crippen LogP contribution in [-0.2, 0) is 32.3 Å². The standard InChI is InChI=1S/C18H24N2O3S.C2H4O2/c1-19(2)16-11-24(22,23)17-10-20(9-15(16)17)18(21)14-7-12-5-3-4-6-13(12)8-14;1-2(3)4/h3-6,14-17H,7-11H2,1-2H3;1H3,(H,3,4)/t15-,16+,17-;/m0./s1. The minimum Gasteiger partial charge on any atom is -0.481 e. The maximum Gasteiger partial charge on any atom is 0.300 e. The van der Waals surface area contributed by atoms with Crippen molar-refractivity contribution in [2.24, 2.45) is 11.8 Å². The second-order valence-electron chi connectivity index (χ2n) is 8.20. The van der Waals surface area contributed by atoms with E-state index in [1.165, 1.54) is 11.1 Å². The summed E-state index contributed by atoms with van der Waals surface area (Å²) in [6, 6.07) is 8.24. The Morgan fingerprint density at radius 2 is 1.64 bits per heavy atom. The molecule has 0 spiro atoms. The molecule has 4 rings (SSSR count). The van der Waals surface area contributed by atoms with E-state index in [0.29, 0.717) is 13.1 Å². The van der Waals surface area contributed by atoms with Crippen molar-refractivity contribution >= 4 is 21.7 Å². The van der Waals surface area contributed by atoms with E-state index in [-0.39, 0.29) is 34.8 Å². The first-order valence-electron chi connectivity index (χ1n) is 9.53. The number of carbonyl (C=O) groups is 2. The molecule has 3 aliphatic rings. The summed E-state index contributed by atoms with van der Waals surface area (Å²) in [5.74, 6) is -0.445. The predicted molar refractivity (Wildman–Crippen MR) is 106 cm³/mol.